The van der Waals surface area contributed by atoms with Gasteiger partial charge in [0.2, 0.25) is 0 Å². The molecule has 4 heteroatoms. The summed E-state index contributed by atoms with van der Waals surface area (Å²) in [6.07, 6.45) is 0.703. The number of halogens is 1. The molecule has 0 atom stereocenters. The number of anilines is 1. The van der Waals surface area contributed by atoms with E-state index in [1.54, 1.807) is 0 Å². The third kappa shape index (κ3) is 2.42. The molecule has 102 valence electrons. The van der Waals surface area contributed by atoms with Crippen LogP contribution in [0.4, 0.5) is 5.82 Å². The Balaban J connectivity index is 2.20. The fraction of sp³-hybridized carbons (Fsp3) is 0.188. The van der Waals surface area contributed by atoms with Gasteiger partial charge in [-0.3, -0.25) is 0 Å². The van der Waals surface area contributed by atoms with Crippen LogP contribution in [-0.2, 0) is 0 Å². The fourth-order valence-electron chi connectivity index (χ4n) is 2.35. The number of benzene rings is 2. The number of aliphatic hydroxyl groups is 1. The van der Waals surface area contributed by atoms with Crippen LogP contribution >= 0.6 is 11.6 Å². The monoisotopic (exact) mass is 286 g/mol. The molecule has 0 amide bonds. The average Bonchev–Trinajstić information content (AvgIpc) is 2.48. The number of nitrogens with one attached hydrogen (secondary N) is 1. The molecule has 0 spiro atoms. The van der Waals surface area contributed by atoms with Crippen molar-refractivity contribution in [1.82, 2.24) is 4.98 Å². The van der Waals surface area contributed by atoms with Crippen molar-refractivity contribution in [2.75, 3.05) is 18.5 Å². The van der Waals surface area contributed by atoms with Gasteiger partial charge in [-0.05, 0) is 30.0 Å². The summed E-state index contributed by atoms with van der Waals surface area (Å²) in [6.45, 7) is 0.876. The van der Waals surface area contributed by atoms with Crippen LogP contribution in [0.1, 0.15) is 6.42 Å². The lowest BCUT2D eigenvalue weighted by Crippen LogP contribution is -2.05. The van der Waals surface area contributed by atoms with Crippen molar-refractivity contribution in [3.8, 4) is 0 Å². The van der Waals surface area contributed by atoms with Gasteiger partial charge >= 0.3 is 0 Å². The van der Waals surface area contributed by atoms with Gasteiger partial charge in [0.1, 0.15) is 5.82 Å². The highest BCUT2D eigenvalue weighted by Gasteiger charge is 2.07. The first-order valence-corrected chi connectivity index (χ1v) is 7.00. The Labute approximate surface area is 122 Å². The fourth-order valence-corrected chi connectivity index (χ4v) is 2.52. The molecule has 0 aliphatic carbocycles. The van der Waals surface area contributed by atoms with Crippen molar-refractivity contribution in [3.05, 3.63) is 47.5 Å². The molecule has 0 aliphatic heterocycles. The van der Waals surface area contributed by atoms with Crippen LogP contribution in [-0.4, -0.2) is 23.2 Å². The topological polar surface area (TPSA) is 45.1 Å². The predicted octanol–water partition coefficient (Wildman–Crippen LogP) is 3.84. The Kier molecular flexibility index (Phi) is 3.72. The molecule has 3 rings (SSSR count). The Morgan fingerprint density at radius 2 is 1.85 bits per heavy atom. The molecular formula is C16H15ClN2O. The third-order valence-corrected chi connectivity index (χ3v) is 3.53. The number of hydrogen-bond acceptors (Lipinski definition) is 3. The zero-order valence-electron chi connectivity index (χ0n) is 10.9. The molecule has 0 saturated carbocycles. The summed E-state index contributed by atoms with van der Waals surface area (Å²) in [5.74, 6) is 0.851. The SMILES string of the molecule is OCCCNc1nc2ccc(Cl)cc2c2ccccc12. The lowest BCUT2D eigenvalue weighted by Gasteiger charge is -2.11. The molecule has 0 saturated heterocycles. The van der Waals surface area contributed by atoms with Gasteiger partial charge in [-0.15, -0.1) is 0 Å². The van der Waals surface area contributed by atoms with Crippen molar-refractivity contribution in [2.45, 2.75) is 6.42 Å². The van der Waals surface area contributed by atoms with Gasteiger partial charge < -0.3 is 10.4 Å². The minimum Gasteiger partial charge on any atom is -0.396 e. The van der Waals surface area contributed by atoms with Gasteiger partial charge in [-0.1, -0.05) is 35.9 Å². The number of nitrogens with zero attached hydrogens (tertiary/aromatic N) is 1. The highest BCUT2D eigenvalue weighted by atomic mass is 35.5. The molecule has 0 aliphatic rings. The van der Waals surface area contributed by atoms with Crippen molar-refractivity contribution >= 4 is 39.1 Å². The second kappa shape index (κ2) is 5.65. The van der Waals surface area contributed by atoms with Crippen LogP contribution in [0.5, 0.6) is 0 Å². The molecule has 2 aromatic carbocycles. The third-order valence-electron chi connectivity index (χ3n) is 3.29. The van der Waals surface area contributed by atoms with Crippen LogP contribution in [0, 0.1) is 0 Å². The highest BCUT2D eigenvalue weighted by molar-refractivity contribution is 6.31. The maximum atomic E-state index is 8.88. The van der Waals surface area contributed by atoms with E-state index in [4.69, 9.17) is 16.7 Å². The summed E-state index contributed by atoms with van der Waals surface area (Å²) in [5.41, 5.74) is 0.916. The van der Waals surface area contributed by atoms with E-state index in [1.165, 1.54) is 0 Å². The number of fused-ring (bicyclic) bond motifs is 3. The number of hydrogen-bond donors (Lipinski definition) is 2. The maximum absolute atomic E-state index is 8.88. The van der Waals surface area contributed by atoms with E-state index in [0.717, 1.165) is 27.5 Å². The molecule has 3 aromatic rings. The van der Waals surface area contributed by atoms with Gasteiger partial charge in [0.25, 0.3) is 0 Å². The molecule has 1 aromatic heterocycles. The summed E-state index contributed by atoms with van der Waals surface area (Å²) in [5, 5.41) is 16.1. The Hall–Kier alpha value is -1.84. The van der Waals surface area contributed by atoms with Crippen molar-refractivity contribution < 1.29 is 5.11 Å². The van der Waals surface area contributed by atoms with Crippen LogP contribution < -0.4 is 5.32 Å². The zero-order valence-corrected chi connectivity index (χ0v) is 11.7. The summed E-state index contributed by atoms with van der Waals surface area (Å²) in [4.78, 5) is 4.66. The van der Waals surface area contributed by atoms with Crippen molar-refractivity contribution in [2.24, 2.45) is 0 Å². The number of aromatic nitrogens is 1. The maximum Gasteiger partial charge on any atom is 0.134 e. The Bertz CT molecular complexity index is 758. The molecule has 3 nitrogen and oxygen atoms in total. The quantitative estimate of drug-likeness (QED) is 0.566. The highest BCUT2D eigenvalue weighted by Crippen LogP contribution is 2.30. The Morgan fingerprint density at radius 1 is 1.05 bits per heavy atom. The molecule has 20 heavy (non-hydrogen) atoms. The van der Waals surface area contributed by atoms with Gasteiger partial charge in [-0.25, -0.2) is 4.98 Å². The molecule has 0 bridgehead atoms. The zero-order chi connectivity index (χ0) is 13.9. The van der Waals surface area contributed by atoms with Gasteiger partial charge in [0.05, 0.1) is 5.52 Å². The normalized spacial score (nSPS) is 11.1. The first kappa shape index (κ1) is 13.2. The number of aliphatic hydroxyl groups excluding tert-OH is 1. The predicted molar refractivity (Wildman–Crippen MR) is 84.5 cm³/mol. The van der Waals surface area contributed by atoms with E-state index >= 15 is 0 Å². The number of rotatable bonds is 4. The molecule has 0 radical (unpaired) electrons. The average molecular weight is 287 g/mol. The van der Waals surface area contributed by atoms with Crippen molar-refractivity contribution in [1.29, 1.82) is 0 Å². The van der Waals surface area contributed by atoms with Crippen LogP contribution in [0.25, 0.3) is 21.7 Å². The van der Waals surface area contributed by atoms with Crippen LogP contribution in [0.15, 0.2) is 42.5 Å². The molecule has 2 N–H and O–H groups in total. The largest absolute Gasteiger partial charge is 0.396 e. The standard InChI is InChI=1S/C16H15ClN2O/c17-11-6-7-15-14(10-11)12-4-1-2-5-13(12)16(19-15)18-8-3-9-20/h1-2,4-7,10,20H,3,8-9H2,(H,18,19). The minimum absolute atomic E-state index is 0.175. The summed E-state index contributed by atoms with van der Waals surface area (Å²) in [7, 11) is 0. The molecule has 0 unspecified atom stereocenters. The van der Waals surface area contributed by atoms with Crippen LogP contribution in [0.3, 0.4) is 0 Å². The second-order valence-electron chi connectivity index (χ2n) is 4.67. The van der Waals surface area contributed by atoms with E-state index in [0.29, 0.717) is 18.0 Å². The molecular weight excluding hydrogens is 272 g/mol. The molecule has 1 heterocycles. The molecule has 0 fully saturated rings. The van der Waals surface area contributed by atoms with Gasteiger partial charge in [0.15, 0.2) is 0 Å². The lowest BCUT2D eigenvalue weighted by molar-refractivity contribution is 0.292. The van der Waals surface area contributed by atoms with E-state index in [-0.39, 0.29) is 6.61 Å². The van der Waals surface area contributed by atoms with E-state index in [1.807, 2.05) is 36.4 Å². The summed E-state index contributed by atoms with van der Waals surface area (Å²) < 4.78 is 0. The Morgan fingerprint density at radius 3 is 2.65 bits per heavy atom. The van der Waals surface area contributed by atoms with E-state index in [9.17, 15) is 0 Å². The summed E-state index contributed by atoms with van der Waals surface area (Å²) >= 11 is 6.09. The second-order valence-corrected chi connectivity index (χ2v) is 5.11. The van der Waals surface area contributed by atoms with Gasteiger partial charge in [0, 0.05) is 28.9 Å². The van der Waals surface area contributed by atoms with Crippen molar-refractivity contribution in [3.63, 3.8) is 0 Å². The van der Waals surface area contributed by atoms with Crippen LogP contribution in [0.2, 0.25) is 5.02 Å². The van der Waals surface area contributed by atoms with E-state index in [2.05, 4.69) is 16.4 Å². The lowest BCUT2D eigenvalue weighted by atomic mass is 10.1. The first-order chi connectivity index (χ1) is 9.79. The first-order valence-electron chi connectivity index (χ1n) is 6.62. The number of pyridine rings is 1. The van der Waals surface area contributed by atoms with E-state index < -0.39 is 0 Å². The summed E-state index contributed by atoms with van der Waals surface area (Å²) in [6, 6.07) is 13.9. The van der Waals surface area contributed by atoms with Gasteiger partial charge in [-0.2, -0.15) is 0 Å². The minimum atomic E-state index is 0.175. The smallest absolute Gasteiger partial charge is 0.134 e.